The molecule has 1 aromatic carbocycles. The highest BCUT2D eigenvalue weighted by molar-refractivity contribution is 5.68. The zero-order chi connectivity index (χ0) is 16.4. The molecule has 5 heteroatoms. The van der Waals surface area contributed by atoms with E-state index in [4.69, 9.17) is 0 Å². The quantitative estimate of drug-likeness (QED) is 0.944. The molecule has 0 amide bonds. The lowest BCUT2D eigenvalue weighted by molar-refractivity contribution is 0.247. The number of benzene rings is 1. The highest BCUT2D eigenvalue weighted by Crippen LogP contribution is 2.30. The summed E-state index contributed by atoms with van der Waals surface area (Å²) in [5.41, 5.74) is 2.27. The smallest absolute Gasteiger partial charge is 0.151 e. The van der Waals surface area contributed by atoms with Crippen molar-refractivity contribution >= 4 is 5.82 Å². The fraction of sp³-hybridized carbons (Fsp3) is 0.444. The minimum atomic E-state index is 0.275. The van der Waals surface area contributed by atoms with Gasteiger partial charge in [-0.15, -0.1) is 10.2 Å². The fourth-order valence-electron chi connectivity index (χ4n) is 3.17. The van der Waals surface area contributed by atoms with Gasteiger partial charge < -0.3 is 14.9 Å². The highest BCUT2D eigenvalue weighted by atomic mass is 16.3. The largest absolute Gasteiger partial charge is 0.507 e. The van der Waals surface area contributed by atoms with Crippen molar-refractivity contribution in [3.63, 3.8) is 0 Å². The Hall–Kier alpha value is -2.14. The molecule has 3 rings (SSSR count). The van der Waals surface area contributed by atoms with Crippen molar-refractivity contribution < 1.29 is 5.11 Å². The molecule has 0 bridgehead atoms. The normalized spacial score (nSPS) is 18.8. The van der Waals surface area contributed by atoms with Crippen molar-refractivity contribution in [2.45, 2.75) is 25.8 Å². The fourth-order valence-corrected chi connectivity index (χ4v) is 3.17. The topological polar surface area (TPSA) is 52.5 Å². The number of likely N-dealkylation sites (tertiary alicyclic amines) is 1. The van der Waals surface area contributed by atoms with E-state index in [1.165, 1.54) is 19.4 Å². The molecule has 1 aliphatic heterocycles. The summed E-state index contributed by atoms with van der Waals surface area (Å²) in [5, 5.41) is 18.9. The molecule has 0 saturated carbocycles. The van der Waals surface area contributed by atoms with Crippen LogP contribution in [0.1, 0.15) is 18.4 Å². The molecule has 0 radical (unpaired) electrons. The van der Waals surface area contributed by atoms with E-state index in [9.17, 15) is 5.11 Å². The van der Waals surface area contributed by atoms with E-state index in [2.05, 4.69) is 34.1 Å². The summed E-state index contributed by atoms with van der Waals surface area (Å²) in [5.74, 6) is 1.15. The van der Waals surface area contributed by atoms with Crippen molar-refractivity contribution in [2.24, 2.45) is 0 Å². The minimum Gasteiger partial charge on any atom is -0.507 e. The molecule has 122 valence electrons. The number of para-hydroxylation sites is 1. The van der Waals surface area contributed by atoms with E-state index in [0.717, 1.165) is 23.5 Å². The molecule has 2 heterocycles. The number of rotatable bonds is 3. The standard InChI is InChI=1S/C18H24N4O/c1-13-6-4-8-15(18(13)23)16-9-10-17(20-19-16)22(3)14-7-5-11-21(2)12-14/h4,6,8-10,14,23H,5,7,11-12H2,1-3H3/t14-/m1/s1. The van der Waals surface area contributed by atoms with Crippen molar-refractivity contribution in [3.05, 3.63) is 35.9 Å². The Morgan fingerprint density at radius 1 is 1.22 bits per heavy atom. The molecule has 1 fully saturated rings. The van der Waals surface area contributed by atoms with Crippen LogP contribution >= 0.6 is 0 Å². The van der Waals surface area contributed by atoms with Gasteiger partial charge in [-0.3, -0.25) is 0 Å². The van der Waals surface area contributed by atoms with Crippen LogP contribution in [0.5, 0.6) is 5.75 Å². The zero-order valence-electron chi connectivity index (χ0n) is 14.0. The van der Waals surface area contributed by atoms with Crippen molar-refractivity contribution in [1.29, 1.82) is 0 Å². The van der Waals surface area contributed by atoms with Gasteiger partial charge >= 0.3 is 0 Å². The highest BCUT2D eigenvalue weighted by Gasteiger charge is 2.22. The van der Waals surface area contributed by atoms with E-state index in [-0.39, 0.29) is 5.75 Å². The monoisotopic (exact) mass is 312 g/mol. The number of hydrogen-bond acceptors (Lipinski definition) is 5. The van der Waals surface area contributed by atoms with Gasteiger partial charge in [-0.1, -0.05) is 12.1 Å². The molecule has 0 unspecified atom stereocenters. The van der Waals surface area contributed by atoms with Crippen LogP contribution in [-0.4, -0.2) is 53.4 Å². The predicted octanol–water partition coefficient (Wildman–Crippen LogP) is 2.69. The van der Waals surface area contributed by atoms with Crippen LogP contribution in [0.25, 0.3) is 11.3 Å². The van der Waals surface area contributed by atoms with Gasteiger partial charge in [-0.2, -0.15) is 0 Å². The molecule has 1 aliphatic rings. The number of aromatic hydroxyl groups is 1. The molecule has 1 atom stereocenters. The molecule has 0 spiro atoms. The third-order valence-electron chi connectivity index (χ3n) is 4.67. The maximum Gasteiger partial charge on any atom is 0.151 e. The van der Waals surface area contributed by atoms with E-state index in [1.54, 1.807) is 0 Å². The van der Waals surface area contributed by atoms with Gasteiger partial charge in [-0.25, -0.2) is 0 Å². The van der Waals surface area contributed by atoms with E-state index in [1.807, 2.05) is 37.3 Å². The molecular formula is C18H24N4O. The number of anilines is 1. The van der Waals surface area contributed by atoms with Crippen molar-refractivity contribution in [1.82, 2.24) is 15.1 Å². The van der Waals surface area contributed by atoms with Crippen LogP contribution in [0.4, 0.5) is 5.82 Å². The molecular weight excluding hydrogens is 288 g/mol. The maximum absolute atomic E-state index is 10.2. The Morgan fingerprint density at radius 2 is 2.04 bits per heavy atom. The Bertz CT molecular complexity index is 671. The number of likely N-dealkylation sites (N-methyl/N-ethyl adjacent to an activating group) is 2. The van der Waals surface area contributed by atoms with Gasteiger partial charge in [0.2, 0.25) is 0 Å². The summed E-state index contributed by atoms with van der Waals surface area (Å²) in [7, 11) is 4.24. The van der Waals surface area contributed by atoms with Gasteiger partial charge in [-0.05, 0) is 57.1 Å². The van der Waals surface area contributed by atoms with E-state index < -0.39 is 0 Å². The maximum atomic E-state index is 10.2. The Kier molecular flexibility index (Phi) is 4.48. The van der Waals surface area contributed by atoms with Gasteiger partial charge in [0, 0.05) is 25.2 Å². The van der Waals surface area contributed by atoms with Crippen molar-refractivity contribution in [3.8, 4) is 17.0 Å². The summed E-state index contributed by atoms with van der Waals surface area (Å²) in [6.07, 6.45) is 2.40. The first-order valence-electron chi connectivity index (χ1n) is 8.10. The molecule has 5 nitrogen and oxygen atoms in total. The van der Waals surface area contributed by atoms with Crippen LogP contribution in [0, 0.1) is 6.92 Å². The van der Waals surface area contributed by atoms with Crippen molar-refractivity contribution in [2.75, 3.05) is 32.1 Å². The number of aryl methyl sites for hydroxylation is 1. The number of nitrogens with zero attached hydrogens (tertiary/aromatic N) is 4. The van der Waals surface area contributed by atoms with Crippen LogP contribution in [0.3, 0.4) is 0 Å². The predicted molar refractivity (Wildman–Crippen MR) is 92.8 cm³/mol. The van der Waals surface area contributed by atoms with Gasteiger partial charge in [0.25, 0.3) is 0 Å². The zero-order valence-corrected chi connectivity index (χ0v) is 14.0. The molecule has 2 aromatic rings. The second kappa shape index (κ2) is 6.54. The number of aromatic nitrogens is 2. The first-order valence-corrected chi connectivity index (χ1v) is 8.10. The summed E-state index contributed by atoms with van der Waals surface area (Å²) in [6, 6.07) is 10.1. The minimum absolute atomic E-state index is 0.275. The molecule has 23 heavy (non-hydrogen) atoms. The molecule has 0 aliphatic carbocycles. The second-order valence-electron chi connectivity index (χ2n) is 6.42. The van der Waals surface area contributed by atoms with E-state index >= 15 is 0 Å². The third kappa shape index (κ3) is 3.29. The Morgan fingerprint density at radius 3 is 2.74 bits per heavy atom. The molecule has 1 saturated heterocycles. The summed E-state index contributed by atoms with van der Waals surface area (Å²) in [6.45, 7) is 4.11. The van der Waals surface area contributed by atoms with Gasteiger partial charge in [0.1, 0.15) is 5.75 Å². The van der Waals surface area contributed by atoms with Gasteiger partial charge in [0.05, 0.1) is 5.69 Å². The Balaban J connectivity index is 1.80. The SMILES string of the molecule is Cc1cccc(-c2ccc(N(C)[C@@H]3CCCN(C)C3)nn2)c1O. The number of piperidine rings is 1. The third-order valence-corrected chi connectivity index (χ3v) is 4.67. The lowest BCUT2D eigenvalue weighted by atomic mass is 10.0. The number of hydrogen-bond donors (Lipinski definition) is 1. The van der Waals surface area contributed by atoms with E-state index in [0.29, 0.717) is 11.7 Å². The molecule has 1 N–H and O–H groups in total. The number of phenolic OH excluding ortho intramolecular Hbond substituents is 1. The molecule has 1 aromatic heterocycles. The summed E-state index contributed by atoms with van der Waals surface area (Å²) < 4.78 is 0. The van der Waals surface area contributed by atoms with Crippen LogP contribution in [-0.2, 0) is 0 Å². The van der Waals surface area contributed by atoms with Crippen LogP contribution in [0.2, 0.25) is 0 Å². The Labute approximate surface area is 137 Å². The summed E-state index contributed by atoms with van der Waals surface area (Å²) >= 11 is 0. The van der Waals surface area contributed by atoms with Crippen LogP contribution < -0.4 is 4.90 Å². The lowest BCUT2D eigenvalue weighted by Gasteiger charge is -2.36. The second-order valence-corrected chi connectivity index (χ2v) is 6.42. The summed E-state index contributed by atoms with van der Waals surface area (Å²) in [4.78, 5) is 4.57. The van der Waals surface area contributed by atoms with Gasteiger partial charge in [0.15, 0.2) is 5.82 Å². The first-order chi connectivity index (χ1) is 11.1. The lowest BCUT2D eigenvalue weighted by Crippen LogP contribution is -2.45. The average molecular weight is 312 g/mol. The number of phenols is 1. The first kappa shape index (κ1) is 15.7. The average Bonchev–Trinajstić information content (AvgIpc) is 2.57. The van der Waals surface area contributed by atoms with Crippen LogP contribution in [0.15, 0.2) is 30.3 Å².